The SMILES string of the molecule is CC1CCCC1n1c(=O)c(Br)cc2cnc(NC3CCCCN3C(=O)O)nc21. The van der Waals surface area contributed by atoms with Gasteiger partial charge in [0.05, 0.1) is 4.47 Å². The maximum Gasteiger partial charge on any atom is 0.408 e. The van der Waals surface area contributed by atoms with Crippen molar-refractivity contribution in [3.63, 3.8) is 0 Å². The minimum Gasteiger partial charge on any atom is -0.465 e. The highest BCUT2D eigenvalue weighted by Crippen LogP contribution is 2.36. The molecule has 3 heterocycles. The second kappa shape index (κ2) is 7.69. The van der Waals surface area contributed by atoms with Gasteiger partial charge in [0, 0.05) is 24.2 Å². The molecule has 2 aromatic rings. The number of anilines is 1. The van der Waals surface area contributed by atoms with E-state index in [-0.39, 0.29) is 17.8 Å². The summed E-state index contributed by atoms with van der Waals surface area (Å²) in [7, 11) is 0. The smallest absolute Gasteiger partial charge is 0.408 e. The lowest BCUT2D eigenvalue weighted by molar-refractivity contribution is 0.114. The first-order valence-corrected chi connectivity index (χ1v) is 10.6. The summed E-state index contributed by atoms with van der Waals surface area (Å²) in [6.45, 7) is 2.67. The van der Waals surface area contributed by atoms with Gasteiger partial charge in [-0.15, -0.1) is 0 Å². The Labute approximate surface area is 171 Å². The molecule has 0 spiro atoms. The fraction of sp³-hybridized carbons (Fsp3) is 0.579. The fourth-order valence-electron chi connectivity index (χ4n) is 4.43. The number of carbonyl (C=O) groups is 1. The first-order valence-electron chi connectivity index (χ1n) is 9.79. The van der Waals surface area contributed by atoms with Crippen LogP contribution in [0.25, 0.3) is 11.0 Å². The van der Waals surface area contributed by atoms with Gasteiger partial charge in [-0.2, -0.15) is 4.98 Å². The van der Waals surface area contributed by atoms with Crippen LogP contribution in [0.4, 0.5) is 10.7 Å². The second-order valence-electron chi connectivity index (χ2n) is 7.75. The maximum absolute atomic E-state index is 12.9. The van der Waals surface area contributed by atoms with Gasteiger partial charge in [-0.05, 0) is 60.0 Å². The van der Waals surface area contributed by atoms with E-state index in [9.17, 15) is 14.7 Å². The van der Waals surface area contributed by atoms with Crippen molar-refractivity contribution >= 4 is 39.0 Å². The minimum atomic E-state index is -0.946. The van der Waals surface area contributed by atoms with Gasteiger partial charge >= 0.3 is 6.09 Å². The lowest BCUT2D eigenvalue weighted by Gasteiger charge is -2.33. The summed E-state index contributed by atoms with van der Waals surface area (Å²) in [6, 6.07) is 1.86. The number of hydrogen-bond donors (Lipinski definition) is 2. The Bertz CT molecular complexity index is 962. The zero-order valence-electron chi connectivity index (χ0n) is 15.8. The largest absolute Gasteiger partial charge is 0.465 e. The molecule has 8 nitrogen and oxygen atoms in total. The maximum atomic E-state index is 12.9. The van der Waals surface area contributed by atoms with Gasteiger partial charge in [-0.1, -0.05) is 13.3 Å². The fourth-order valence-corrected chi connectivity index (χ4v) is 4.87. The summed E-state index contributed by atoms with van der Waals surface area (Å²) in [5.41, 5.74) is 0.517. The molecular weight excluding hydrogens is 426 g/mol. The molecule has 9 heteroatoms. The van der Waals surface area contributed by atoms with Crippen molar-refractivity contribution in [2.75, 3.05) is 11.9 Å². The van der Waals surface area contributed by atoms with E-state index < -0.39 is 6.09 Å². The zero-order valence-corrected chi connectivity index (χ0v) is 17.4. The van der Waals surface area contributed by atoms with E-state index in [1.807, 2.05) is 0 Å². The number of nitrogens with one attached hydrogen (secondary N) is 1. The molecule has 2 fully saturated rings. The van der Waals surface area contributed by atoms with Crippen molar-refractivity contribution in [3.05, 3.63) is 27.1 Å². The molecule has 0 bridgehead atoms. The first-order chi connectivity index (χ1) is 13.5. The van der Waals surface area contributed by atoms with Crippen molar-refractivity contribution in [2.24, 2.45) is 5.92 Å². The summed E-state index contributed by atoms with van der Waals surface area (Å²) in [5.74, 6) is 0.759. The highest BCUT2D eigenvalue weighted by Gasteiger charge is 2.29. The third-order valence-corrected chi connectivity index (χ3v) is 6.49. The lowest BCUT2D eigenvalue weighted by Crippen LogP contribution is -2.47. The van der Waals surface area contributed by atoms with Crippen LogP contribution in [-0.2, 0) is 0 Å². The molecule has 3 unspecified atom stereocenters. The quantitative estimate of drug-likeness (QED) is 0.738. The number of likely N-dealkylation sites (tertiary alicyclic amines) is 1. The van der Waals surface area contributed by atoms with Crippen LogP contribution in [0, 0.1) is 5.92 Å². The van der Waals surface area contributed by atoms with Gasteiger partial charge in [0.15, 0.2) is 0 Å². The van der Waals surface area contributed by atoms with E-state index in [2.05, 4.69) is 38.1 Å². The molecule has 1 aliphatic heterocycles. The highest BCUT2D eigenvalue weighted by atomic mass is 79.9. The number of rotatable bonds is 3. The summed E-state index contributed by atoms with van der Waals surface area (Å²) in [6.07, 6.45) is 6.05. The van der Waals surface area contributed by atoms with Crippen molar-refractivity contribution in [3.8, 4) is 0 Å². The standard InChI is InChI=1S/C19H24BrN5O3/c1-11-5-4-6-14(11)25-16-12(9-13(20)17(25)26)10-21-18(23-16)22-15-7-2-3-8-24(15)19(27)28/h9-11,14-15H,2-8H2,1H3,(H,27,28)(H,21,22,23). The van der Waals surface area contributed by atoms with E-state index in [0.29, 0.717) is 35.0 Å². The number of halogens is 1. The number of pyridine rings is 1. The lowest BCUT2D eigenvalue weighted by atomic mass is 10.1. The third kappa shape index (κ3) is 3.47. The molecule has 2 N–H and O–H groups in total. The molecule has 1 amide bonds. The Hall–Kier alpha value is -2.16. The van der Waals surface area contributed by atoms with Gasteiger partial charge in [-0.25, -0.2) is 9.78 Å². The molecule has 4 rings (SSSR count). The average Bonchev–Trinajstić information content (AvgIpc) is 3.09. The van der Waals surface area contributed by atoms with Gasteiger partial charge in [0.25, 0.3) is 5.56 Å². The van der Waals surface area contributed by atoms with E-state index >= 15 is 0 Å². The first kappa shape index (κ1) is 19.2. The van der Waals surface area contributed by atoms with Crippen molar-refractivity contribution in [1.82, 2.24) is 19.4 Å². The van der Waals surface area contributed by atoms with Crippen LogP contribution >= 0.6 is 15.9 Å². The number of hydrogen-bond acceptors (Lipinski definition) is 5. The Balaban J connectivity index is 1.74. The topological polar surface area (TPSA) is 100 Å². The molecular formula is C19H24BrN5O3. The van der Waals surface area contributed by atoms with Crippen molar-refractivity contribution in [2.45, 2.75) is 57.7 Å². The van der Waals surface area contributed by atoms with Crippen molar-refractivity contribution in [1.29, 1.82) is 0 Å². The number of nitrogens with zero attached hydrogens (tertiary/aromatic N) is 4. The van der Waals surface area contributed by atoms with E-state index in [1.165, 1.54) is 4.90 Å². The number of carboxylic acid groups (broad SMARTS) is 1. The monoisotopic (exact) mass is 449 g/mol. The highest BCUT2D eigenvalue weighted by molar-refractivity contribution is 9.10. The van der Waals surface area contributed by atoms with Gasteiger partial charge in [0.1, 0.15) is 11.8 Å². The average molecular weight is 450 g/mol. The Morgan fingerprint density at radius 2 is 2.11 bits per heavy atom. The Morgan fingerprint density at radius 1 is 1.29 bits per heavy atom. The molecule has 1 aliphatic carbocycles. The molecule has 0 radical (unpaired) electrons. The number of aromatic nitrogens is 3. The second-order valence-corrected chi connectivity index (χ2v) is 8.60. The van der Waals surface area contributed by atoms with E-state index in [1.54, 1.807) is 16.8 Å². The van der Waals surface area contributed by atoms with Gasteiger partial charge < -0.3 is 10.4 Å². The van der Waals surface area contributed by atoms with Crippen LogP contribution in [0.5, 0.6) is 0 Å². The molecule has 2 aromatic heterocycles. The van der Waals surface area contributed by atoms with Crippen LogP contribution in [0.1, 0.15) is 51.5 Å². The van der Waals surface area contributed by atoms with Crippen LogP contribution in [0.2, 0.25) is 0 Å². The van der Waals surface area contributed by atoms with Gasteiger partial charge in [-0.3, -0.25) is 14.3 Å². The number of piperidine rings is 1. The molecule has 2 aliphatic rings. The molecule has 1 saturated heterocycles. The summed E-state index contributed by atoms with van der Waals surface area (Å²) >= 11 is 3.38. The van der Waals surface area contributed by atoms with Gasteiger partial charge in [0.2, 0.25) is 5.95 Å². The third-order valence-electron chi connectivity index (χ3n) is 5.92. The summed E-state index contributed by atoms with van der Waals surface area (Å²) < 4.78 is 2.30. The van der Waals surface area contributed by atoms with E-state index in [0.717, 1.165) is 37.5 Å². The molecule has 28 heavy (non-hydrogen) atoms. The zero-order chi connectivity index (χ0) is 19.8. The number of fused-ring (bicyclic) bond motifs is 1. The normalized spacial score (nSPS) is 25.2. The van der Waals surface area contributed by atoms with Crippen molar-refractivity contribution < 1.29 is 9.90 Å². The van der Waals surface area contributed by atoms with Crippen LogP contribution in [0.15, 0.2) is 21.5 Å². The Morgan fingerprint density at radius 3 is 2.82 bits per heavy atom. The summed E-state index contributed by atoms with van der Waals surface area (Å²) in [4.78, 5) is 34.8. The molecule has 0 aromatic carbocycles. The summed E-state index contributed by atoms with van der Waals surface area (Å²) in [5, 5.41) is 13.4. The Kier molecular flexibility index (Phi) is 5.27. The number of amides is 1. The minimum absolute atomic E-state index is 0.0827. The van der Waals surface area contributed by atoms with E-state index in [4.69, 9.17) is 0 Å². The molecule has 3 atom stereocenters. The molecule has 150 valence electrons. The van der Waals surface area contributed by atoms with Crippen LogP contribution in [0.3, 0.4) is 0 Å². The predicted molar refractivity (Wildman–Crippen MR) is 110 cm³/mol. The predicted octanol–water partition coefficient (Wildman–Crippen LogP) is 3.82. The van der Waals surface area contributed by atoms with Crippen LogP contribution in [-0.4, -0.2) is 43.3 Å². The molecule has 1 saturated carbocycles. The van der Waals surface area contributed by atoms with Crippen LogP contribution < -0.4 is 10.9 Å².